The van der Waals surface area contributed by atoms with Crippen molar-refractivity contribution in [1.29, 1.82) is 0 Å². The second-order valence-electron chi connectivity index (χ2n) is 6.27. The van der Waals surface area contributed by atoms with Gasteiger partial charge in [-0.15, -0.1) is 0 Å². The first-order valence-electron chi connectivity index (χ1n) is 7.60. The van der Waals surface area contributed by atoms with Gasteiger partial charge in [0.25, 0.3) is 5.91 Å². The molecule has 2 aliphatic rings. The fourth-order valence-corrected chi connectivity index (χ4v) is 3.66. The van der Waals surface area contributed by atoms with E-state index in [1.807, 2.05) is 13.0 Å². The van der Waals surface area contributed by atoms with Crippen molar-refractivity contribution in [3.63, 3.8) is 0 Å². The Morgan fingerprint density at radius 2 is 2.29 bits per heavy atom. The van der Waals surface area contributed by atoms with Gasteiger partial charge in [-0.1, -0.05) is 0 Å². The summed E-state index contributed by atoms with van der Waals surface area (Å²) in [5, 5.41) is 7.49. The zero-order valence-electron chi connectivity index (χ0n) is 12.1. The molecule has 3 atom stereocenters. The van der Waals surface area contributed by atoms with Gasteiger partial charge in [0, 0.05) is 11.4 Å². The molecule has 3 unspecified atom stereocenters. The van der Waals surface area contributed by atoms with Crippen molar-refractivity contribution in [2.75, 3.05) is 0 Å². The third-order valence-corrected chi connectivity index (χ3v) is 4.61. The zero-order valence-corrected chi connectivity index (χ0v) is 12.1. The van der Waals surface area contributed by atoms with Gasteiger partial charge in [-0.25, -0.2) is 4.98 Å². The molecule has 2 N–H and O–H groups in total. The fraction of sp³-hybridized carbons (Fsp3) is 0.500. The van der Waals surface area contributed by atoms with Crippen molar-refractivity contribution in [2.24, 2.45) is 5.92 Å². The van der Waals surface area contributed by atoms with Gasteiger partial charge in [0.05, 0.1) is 12.4 Å². The summed E-state index contributed by atoms with van der Waals surface area (Å²) in [4.78, 5) is 16.6. The van der Waals surface area contributed by atoms with E-state index in [1.165, 1.54) is 19.3 Å². The monoisotopic (exact) mass is 285 g/mol. The highest BCUT2D eigenvalue weighted by molar-refractivity contribution is 5.95. The molecule has 2 bridgehead atoms. The van der Waals surface area contributed by atoms with Crippen molar-refractivity contribution in [1.82, 2.24) is 15.6 Å². The molecule has 5 nitrogen and oxygen atoms in total. The third-order valence-electron chi connectivity index (χ3n) is 4.61. The number of aromatic nitrogens is 1. The molecule has 0 spiro atoms. The van der Waals surface area contributed by atoms with Crippen LogP contribution in [-0.2, 0) is 0 Å². The van der Waals surface area contributed by atoms with E-state index < -0.39 is 0 Å². The lowest BCUT2D eigenvalue weighted by Crippen LogP contribution is -2.51. The summed E-state index contributed by atoms with van der Waals surface area (Å²) in [6.45, 7) is 1.89. The molecule has 21 heavy (non-hydrogen) atoms. The Kier molecular flexibility index (Phi) is 2.96. The second kappa shape index (κ2) is 4.84. The minimum atomic E-state index is -0.116. The van der Waals surface area contributed by atoms with Crippen LogP contribution in [0.15, 0.2) is 22.7 Å². The van der Waals surface area contributed by atoms with Crippen LogP contribution in [0.2, 0.25) is 0 Å². The van der Waals surface area contributed by atoms with Crippen LogP contribution in [0.25, 0.3) is 11.0 Å². The predicted molar refractivity (Wildman–Crippen MR) is 78.9 cm³/mol. The Morgan fingerprint density at radius 1 is 1.38 bits per heavy atom. The van der Waals surface area contributed by atoms with Crippen molar-refractivity contribution in [2.45, 2.75) is 44.8 Å². The molecule has 4 rings (SSSR count). The molecule has 3 heterocycles. The summed E-state index contributed by atoms with van der Waals surface area (Å²) in [6, 6.07) is 4.28. The molecular formula is C16H19N3O2. The first-order valence-corrected chi connectivity index (χ1v) is 7.60. The molecule has 2 aromatic heterocycles. The highest BCUT2D eigenvalue weighted by atomic mass is 16.3. The average Bonchev–Trinajstić information content (AvgIpc) is 2.99. The van der Waals surface area contributed by atoms with Crippen molar-refractivity contribution in [3.05, 3.63) is 29.8 Å². The summed E-state index contributed by atoms with van der Waals surface area (Å²) >= 11 is 0. The van der Waals surface area contributed by atoms with E-state index in [2.05, 4.69) is 15.6 Å². The molecule has 1 saturated heterocycles. The van der Waals surface area contributed by atoms with Gasteiger partial charge in [-0.05, 0) is 50.7 Å². The molecule has 1 aliphatic heterocycles. The SMILES string of the molecule is Cc1cc2cc(C(=O)NC3CC4CCC(C4)N3)ncc2o1. The number of carbonyl (C=O) groups excluding carboxylic acids is 1. The largest absolute Gasteiger partial charge is 0.460 e. The van der Waals surface area contributed by atoms with Gasteiger partial charge < -0.3 is 9.73 Å². The van der Waals surface area contributed by atoms with Gasteiger partial charge >= 0.3 is 0 Å². The highest BCUT2D eigenvalue weighted by Crippen LogP contribution is 2.33. The molecule has 1 amide bonds. The van der Waals surface area contributed by atoms with Crippen LogP contribution >= 0.6 is 0 Å². The van der Waals surface area contributed by atoms with Gasteiger partial charge in [0.1, 0.15) is 11.5 Å². The normalized spacial score (nSPS) is 28.0. The predicted octanol–water partition coefficient (Wildman–Crippen LogP) is 2.35. The van der Waals surface area contributed by atoms with Gasteiger partial charge in [0.15, 0.2) is 5.58 Å². The summed E-state index contributed by atoms with van der Waals surface area (Å²) < 4.78 is 5.48. The van der Waals surface area contributed by atoms with Crippen LogP contribution in [-0.4, -0.2) is 23.1 Å². The van der Waals surface area contributed by atoms with Crippen LogP contribution < -0.4 is 10.6 Å². The second-order valence-corrected chi connectivity index (χ2v) is 6.27. The van der Waals surface area contributed by atoms with Crippen LogP contribution in [0, 0.1) is 12.8 Å². The number of amides is 1. The number of hydrogen-bond acceptors (Lipinski definition) is 4. The summed E-state index contributed by atoms with van der Waals surface area (Å²) in [6.07, 6.45) is 6.49. The maximum Gasteiger partial charge on any atom is 0.271 e. The molecule has 2 fully saturated rings. The number of carbonyl (C=O) groups is 1. The first kappa shape index (κ1) is 12.8. The molecule has 0 aromatic carbocycles. The number of rotatable bonds is 2. The van der Waals surface area contributed by atoms with Crippen molar-refractivity contribution in [3.8, 4) is 0 Å². The highest BCUT2D eigenvalue weighted by Gasteiger charge is 2.34. The Hall–Kier alpha value is -1.88. The van der Waals surface area contributed by atoms with E-state index in [4.69, 9.17) is 4.42 Å². The van der Waals surface area contributed by atoms with E-state index >= 15 is 0 Å². The summed E-state index contributed by atoms with van der Waals surface area (Å²) in [7, 11) is 0. The van der Waals surface area contributed by atoms with Crippen LogP contribution in [0.5, 0.6) is 0 Å². The van der Waals surface area contributed by atoms with Crippen molar-refractivity contribution >= 4 is 16.9 Å². The molecule has 1 aliphatic carbocycles. The molecular weight excluding hydrogens is 266 g/mol. The number of pyridine rings is 1. The zero-order chi connectivity index (χ0) is 14.4. The van der Waals surface area contributed by atoms with E-state index in [1.54, 1.807) is 12.3 Å². The molecule has 110 valence electrons. The first-order chi connectivity index (χ1) is 10.2. The van der Waals surface area contributed by atoms with Crippen LogP contribution in [0.4, 0.5) is 0 Å². The minimum Gasteiger partial charge on any atom is -0.460 e. The lowest BCUT2D eigenvalue weighted by Gasteiger charge is -2.29. The average molecular weight is 285 g/mol. The maximum absolute atomic E-state index is 12.4. The topological polar surface area (TPSA) is 67.2 Å². The Bertz CT molecular complexity index is 682. The lowest BCUT2D eigenvalue weighted by molar-refractivity contribution is 0.0906. The van der Waals surface area contributed by atoms with E-state index in [9.17, 15) is 4.79 Å². The van der Waals surface area contributed by atoms with E-state index in [0.717, 1.165) is 29.1 Å². The fourth-order valence-electron chi connectivity index (χ4n) is 3.66. The Morgan fingerprint density at radius 3 is 3.14 bits per heavy atom. The van der Waals surface area contributed by atoms with E-state index in [-0.39, 0.29) is 12.1 Å². The third kappa shape index (κ3) is 2.42. The number of hydrogen-bond donors (Lipinski definition) is 2. The van der Waals surface area contributed by atoms with Gasteiger partial charge in [-0.3, -0.25) is 10.1 Å². The number of nitrogens with one attached hydrogen (secondary N) is 2. The number of furan rings is 1. The van der Waals surface area contributed by atoms with Gasteiger partial charge in [0.2, 0.25) is 0 Å². The lowest BCUT2D eigenvalue weighted by atomic mass is 9.98. The molecule has 2 aromatic rings. The molecule has 0 radical (unpaired) electrons. The minimum absolute atomic E-state index is 0.0762. The smallest absolute Gasteiger partial charge is 0.271 e. The number of fused-ring (bicyclic) bond motifs is 3. The summed E-state index contributed by atoms with van der Waals surface area (Å²) in [5.74, 6) is 1.47. The van der Waals surface area contributed by atoms with Crippen molar-refractivity contribution < 1.29 is 9.21 Å². The number of piperidine rings is 1. The Labute approximate surface area is 123 Å². The number of aryl methyl sites for hydroxylation is 1. The Balaban J connectivity index is 1.50. The van der Waals surface area contributed by atoms with E-state index in [0.29, 0.717) is 11.7 Å². The number of nitrogens with zero attached hydrogens (tertiary/aromatic N) is 1. The maximum atomic E-state index is 12.4. The summed E-state index contributed by atoms with van der Waals surface area (Å²) in [5.41, 5.74) is 1.17. The van der Waals surface area contributed by atoms with Gasteiger partial charge in [-0.2, -0.15) is 0 Å². The van der Waals surface area contributed by atoms with Crippen LogP contribution in [0.3, 0.4) is 0 Å². The quantitative estimate of drug-likeness (QED) is 0.889. The molecule has 1 saturated carbocycles. The van der Waals surface area contributed by atoms with Crippen LogP contribution in [0.1, 0.15) is 41.9 Å². The standard InChI is InChI=1S/C16H19N3O2/c1-9-4-11-7-13(17-8-14(11)21-9)16(20)19-15-6-10-2-3-12(5-10)18-15/h4,7-8,10,12,15,18H,2-3,5-6H2,1H3,(H,19,20). The molecule has 5 heteroatoms.